The first-order valence-corrected chi connectivity index (χ1v) is 7.90. The Morgan fingerprint density at radius 3 is 2.21 bits per heavy atom. The SMILES string of the molecule is CC1(C)C(=O)N(C2(CC(=O)O)CCCCC2)S1(=O)=O. The van der Waals surface area contributed by atoms with E-state index >= 15 is 0 Å². The summed E-state index contributed by atoms with van der Waals surface area (Å²) in [5.74, 6) is -1.54. The van der Waals surface area contributed by atoms with Crippen LogP contribution in [-0.4, -0.2) is 40.0 Å². The molecule has 7 heteroatoms. The number of carboxylic acids is 1. The van der Waals surface area contributed by atoms with Crippen LogP contribution < -0.4 is 0 Å². The van der Waals surface area contributed by atoms with Gasteiger partial charge in [0.05, 0.1) is 12.0 Å². The van der Waals surface area contributed by atoms with E-state index in [9.17, 15) is 18.0 Å². The molecule has 2 aliphatic rings. The van der Waals surface area contributed by atoms with Gasteiger partial charge in [-0.25, -0.2) is 12.7 Å². The summed E-state index contributed by atoms with van der Waals surface area (Å²) in [6.07, 6.45) is 3.06. The molecule has 1 saturated carbocycles. The van der Waals surface area contributed by atoms with Gasteiger partial charge in [-0.05, 0) is 26.7 Å². The lowest BCUT2D eigenvalue weighted by atomic mass is 9.78. The Labute approximate surface area is 112 Å². The van der Waals surface area contributed by atoms with Crippen molar-refractivity contribution < 1.29 is 23.1 Å². The molecule has 1 aliphatic heterocycles. The van der Waals surface area contributed by atoms with Gasteiger partial charge in [0.2, 0.25) is 0 Å². The maximum absolute atomic E-state index is 12.3. The van der Waals surface area contributed by atoms with Crippen molar-refractivity contribution >= 4 is 21.9 Å². The number of hydrogen-bond donors (Lipinski definition) is 1. The molecule has 0 bridgehead atoms. The first-order valence-electron chi connectivity index (χ1n) is 6.46. The summed E-state index contributed by atoms with van der Waals surface area (Å²) in [5.41, 5.74) is -1.05. The Bertz CT molecular complexity index is 516. The van der Waals surface area contributed by atoms with E-state index in [2.05, 4.69) is 0 Å². The van der Waals surface area contributed by atoms with Crippen LogP contribution in [0.1, 0.15) is 52.4 Å². The molecule has 0 aromatic carbocycles. The molecule has 19 heavy (non-hydrogen) atoms. The van der Waals surface area contributed by atoms with Crippen LogP contribution in [0.4, 0.5) is 0 Å². The highest BCUT2D eigenvalue weighted by Gasteiger charge is 2.66. The molecule has 1 amide bonds. The standard InChI is InChI=1S/C12H19NO5S/c1-11(2)10(16)13(19(11,17)18)12(8-9(14)15)6-4-3-5-7-12/h3-8H2,1-2H3,(H,14,15). The fourth-order valence-corrected chi connectivity index (χ4v) is 4.91. The van der Waals surface area contributed by atoms with Crippen molar-refractivity contribution in [2.45, 2.75) is 62.7 Å². The number of carboxylic acid groups (broad SMARTS) is 1. The molecule has 6 nitrogen and oxygen atoms in total. The van der Waals surface area contributed by atoms with Crippen molar-refractivity contribution in [3.8, 4) is 0 Å². The molecule has 0 unspecified atom stereocenters. The van der Waals surface area contributed by atoms with Gasteiger partial charge in [0.1, 0.15) is 0 Å². The number of carbonyl (C=O) groups is 2. The van der Waals surface area contributed by atoms with Gasteiger partial charge in [0, 0.05) is 0 Å². The highest BCUT2D eigenvalue weighted by atomic mass is 32.2. The molecule has 0 radical (unpaired) electrons. The summed E-state index contributed by atoms with van der Waals surface area (Å²) in [6.45, 7) is 2.75. The highest BCUT2D eigenvalue weighted by Crippen LogP contribution is 2.47. The second-order valence-electron chi connectivity index (χ2n) is 5.94. The number of amides is 1. The summed E-state index contributed by atoms with van der Waals surface area (Å²) >= 11 is 0. The maximum Gasteiger partial charge on any atom is 0.305 e. The molecule has 1 saturated heterocycles. The number of aliphatic carboxylic acids is 1. The van der Waals surface area contributed by atoms with E-state index in [1.165, 1.54) is 13.8 Å². The molecule has 0 atom stereocenters. The number of nitrogens with zero attached hydrogens (tertiary/aromatic N) is 1. The third-order valence-electron chi connectivity index (χ3n) is 4.28. The van der Waals surface area contributed by atoms with Crippen molar-refractivity contribution in [1.82, 2.24) is 4.31 Å². The summed E-state index contributed by atoms with van der Waals surface area (Å²) in [5, 5.41) is 9.05. The van der Waals surface area contributed by atoms with Crippen molar-refractivity contribution in [3.63, 3.8) is 0 Å². The summed E-state index contributed by atoms with van der Waals surface area (Å²) in [6, 6.07) is 0. The molecular weight excluding hydrogens is 270 g/mol. The molecule has 1 aliphatic carbocycles. The fourth-order valence-electron chi connectivity index (χ4n) is 3.07. The molecular formula is C12H19NO5S. The zero-order valence-corrected chi connectivity index (χ0v) is 12.0. The van der Waals surface area contributed by atoms with Crippen LogP contribution in [0.25, 0.3) is 0 Å². The number of carbonyl (C=O) groups excluding carboxylic acids is 1. The molecule has 2 rings (SSSR count). The van der Waals surface area contributed by atoms with Crippen LogP contribution in [0.15, 0.2) is 0 Å². The van der Waals surface area contributed by atoms with Crippen molar-refractivity contribution in [3.05, 3.63) is 0 Å². The second-order valence-corrected chi connectivity index (χ2v) is 8.28. The summed E-state index contributed by atoms with van der Waals surface area (Å²) < 4.78 is 24.0. The zero-order valence-electron chi connectivity index (χ0n) is 11.2. The van der Waals surface area contributed by atoms with Gasteiger partial charge in [0.15, 0.2) is 4.75 Å². The van der Waals surface area contributed by atoms with E-state index in [4.69, 9.17) is 5.11 Å². The lowest BCUT2D eigenvalue weighted by Crippen LogP contribution is -2.74. The Balaban J connectivity index is 2.41. The van der Waals surface area contributed by atoms with Crippen LogP contribution in [0.2, 0.25) is 0 Å². The summed E-state index contributed by atoms with van der Waals surface area (Å²) in [4.78, 5) is 23.2. The van der Waals surface area contributed by atoms with Crippen molar-refractivity contribution in [2.75, 3.05) is 0 Å². The normalized spacial score (nSPS) is 27.7. The van der Waals surface area contributed by atoms with E-state index in [0.717, 1.165) is 23.6 Å². The van der Waals surface area contributed by atoms with Crippen molar-refractivity contribution in [1.29, 1.82) is 0 Å². The number of hydrogen-bond acceptors (Lipinski definition) is 4. The first-order chi connectivity index (χ1) is 8.65. The van der Waals surface area contributed by atoms with E-state index in [0.29, 0.717) is 12.8 Å². The minimum atomic E-state index is -3.73. The minimum Gasteiger partial charge on any atom is -0.481 e. The third kappa shape index (κ3) is 1.86. The monoisotopic (exact) mass is 289 g/mol. The molecule has 2 fully saturated rings. The quantitative estimate of drug-likeness (QED) is 0.840. The topological polar surface area (TPSA) is 91.8 Å². The van der Waals surface area contributed by atoms with Gasteiger partial charge < -0.3 is 5.11 Å². The molecule has 1 N–H and O–H groups in total. The zero-order chi connectivity index (χ0) is 14.5. The van der Waals surface area contributed by atoms with Crippen LogP contribution in [-0.2, 0) is 19.6 Å². The largest absolute Gasteiger partial charge is 0.481 e. The molecule has 0 aromatic heterocycles. The number of rotatable bonds is 3. The van der Waals surface area contributed by atoms with Crippen molar-refractivity contribution in [2.24, 2.45) is 0 Å². The lowest BCUT2D eigenvalue weighted by Gasteiger charge is -2.54. The van der Waals surface area contributed by atoms with E-state index in [1.54, 1.807) is 0 Å². The smallest absolute Gasteiger partial charge is 0.305 e. The Morgan fingerprint density at radius 2 is 1.79 bits per heavy atom. The van der Waals surface area contributed by atoms with E-state index in [-0.39, 0.29) is 6.42 Å². The highest BCUT2D eigenvalue weighted by molar-refractivity contribution is 7.94. The molecule has 0 aromatic rings. The van der Waals surface area contributed by atoms with E-state index < -0.39 is 32.2 Å². The minimum absolute atomic E-state index is 0.298. The van der Waals surface area contributed by atoms with Crippen LogP contribution >= 0.6 is 0 Å². The average molecular weight is 289 g/mol. The molecule has 108 valence electrons. The van der Waals surface area contributed by atoms with Gasteiger partial charge in [-0.15, -0.1) is 0 Å². The Morgan fingerprint density at radius 1 is 1.26 bits per heavy atom. The second kappa shape index (κ2) is 4.19. The third-order valence-corrected chi connectivity index (χ3v) is 6.78. The molecule has 1 heterocycles. The lowest BCUT2D eigenvalue weighted by molar-refractivity contribution is -0.145. The first kappa shape index (κ1) is 14.3. The van der Waals surface area contributed by atoms with Crippen LogP contribution in [0, 0.1) is 0 Å². The maximum atomic E-state index is 12.3. The predicted molar refractivity (Wildman–Crippen MR) is 67.9 cm³/mol. The van der Waals surface area contributed by atoms with Gasteiger partial charge in [-0.1, -0.05) is 19.3 Å². The fraction of sp³-hybridized carbons (Fsp3) is 0.833. The van der Waals surface area contributed by atoms with E-state index in [1.807, 2.05) is 0 Å². The van der Waals surface area contributed by atoms with Gasteiger partial charge in [0.25, 0.3) is 15.9 Å². The van der Waals surface area contributed by atoms with Crippen LogP contribution in [0.3, 0.4) is 0 Å². The van der Waals surface area contributed by atoms with Gasteiger partial charge >= 0.3 is 5.97 Å². The Hall–Kier alpha value is -1.11. The predicted octanol–water partition coefficient (Wildman–Crippen LogP) is 1.11. The van der Waals surface area contributed by atoms with Gasteiger partial charge in [-0.3, -0.25) is 9.59 Å². The van der Waals surface area contributed by atoms with Crippen LogP contribution in [0.5, 0.6) is 0 Å². The molecule has 0 spiro atoms. The van der Waals surface area contributed by atoms with Gasteiger partial charge in [-0.2, -0.15) is 0 Å². The summed E-state index contributed by atoms with van der Waals surface area (Å²) in [7, 11) is -3.73. The number of sulfonamides is 1. The average Bonchev–Trinajstić information content (AvgIpc) is 2.28. The Kier molecular flexibility index (Phi) is 3.16.